The minimum Gasteiger partial charge on any atom is -0.486 e. The first-order valence-electron chi connectivity index (χ1n) is 8.00. The minimum absolute atomic E-state index is 0.00709. The fourth-order valence-corrected chi connectivity index (χ4v) is 3.17. The number of benzene rings is 2. The highest BCUT2D eigenvalue weighted by Gasteiger charge is 2.20. The number of carbonyl (C=O) groups excluding carboxylic acids is 1. The smallest absolute Gasteiger partial charge is 0.274 e. The van der Waals surface area contributed by atoms with Gasteiger partial charge in [-0.1, -0.05) is 34.1 Å². The number of halogens is 1. The van der Waals surface area contributed by atoms with E-state index < -0.39 is 4.92 Å². The molecule has 0 spiro atoms. The van der Waals surface area contributed by atoms with Crippen LogP contribution in [0.25, 0.3) is 0 Å². The number of hydrogen-bond acceptors (Lipinski definition) is 5. The molecule has 0 saturated heterocycles. The minimum atomic E-state index is -0.439. The van der Waals surface area contributed by atoms with Crippen molar-refractivity contribution in [2.75, 3.05) is 20.3 Å². The van der Waals surface area contributed by atoms with E-state index in [1.807, 2.05) is 0 Å². The average molecular weight is 421 g/mol. The van der Waals surface area contributed by atoms with Crippen LogP contribution in [0.4, 0.5) is 5.69 Å². The van der Waals surface area contributed by atoms with Crippen LogP contribution in [0.3, 0.4) is 0 Å². The molecule has 7 nitrogen and oxygen atoms in total. The number of likely N-dealkylation sites (N-methyl/N-ethyl adjacent to an activating group) is 1. The van der Waals surface area contributed by atoms with E-state index >= 15 is 0 Å². The molecule has 0 aliphatic carbocycles. The van der Waals surface area contributed by atoms with Crippen LogP contribution < -0.4 is 9.47 Å². The van der Waals surface area contributed by atoms with Crippen molar-refractivity contribution < 1.29 is 19.2 Å². The number of nitro benzene ring substituents is 1. The standard InChI is InChI=1S/C18H17BrN2O5/c1-20(11-12-4-2-3-5-15(12)21(23)24)18(22)9-13-8-16-17(10-14(13)19)26-7-6-25-16/h2-5,8,10H,6-7,9,11H2,1H3. The molecule has 8 heteroatoms. The van der Waals surface area contributed by atoms with Crippen molar-refractivity contribution in [3.05, 3.63) is 62.1 Å². The maximum atomic E-state index is 12.6. The van der Waals surface area contributed by atoms with Crippen LogP contribution in [0.2, 0.25) is 0 Å². The van der Waals surface area contributed by atoms with Crippen molar-refractivity contribution in [3.63, 3.8) is 0 Å². The molecule has 2 aromatic carbocycles. The molecule has 0 fully saturated rings. The molecule has 26 heavy (non-hydrogen) atoms. The Labute approximate surface area is 158 Å². The summed E-state index contributed by atoms with van der Waals surface area (Å²) < 4.78 is 11.8. The van der Waals surface area contributed by atoms with Gasteiger partial charge in [0.15, 0.2) is 11.5 Å². The monoisotopic (exact) mass is 420 g/mol. The van der Waals surface area contributed by atoms with Gasteiger partial charge < -0.3 is 14.4 Å². The lowest BCUT2D eigenvalue weighted by molar-refractivity contribution is -0.385. The second kappa shape index (κ2) is 7.74. The van der Waals surface area contributed by atoms with Crippen LogP contribution in [-0.2, 0) is 17.8 Å². The molecular weight excluding hydrogens is 404 g/mol. The number of nitrogens with zero attached hydrogens (tertiary/aromatic N) is 2. The van der Waals surface area contributed by atoms with Crippen molar-refractivity contribution in [3.8, 4) is 11.5 Å². The molecule has 0 N–H and O–H groups in total. The van der Waals surface area contributed by atoms with E-state index in [-0.39, 0.29) is 24.6 Å². The first kappa shape index (κ1) is 18.2. The highest BCUT2D eigenvalue weighted by atomic mass is 79.9. The summed E-state index contributed by atoms with van der Waals surface area (Å²) in [5.41, 5.74) is 1.27. The molecule has 2 aromatic rings. The first-order valence-corrected chi connectivity index (χ1v) is 8.79. The molecule has 0 bridgehead atoms. The Morgan fingerprint density at radius 3 is 2.54 bits per heavy atom. The lowest BCUT2D eigenvalue weighted by Crippen LogP contribution is -2.28. The fourth-order valence-electron chi connectivity index (χ4n) is 2.71. The van der Waals surface area contributed by atoms with Gasteiger partial charge in [0.25, 0.3) is 5.69 Å². The van der Waals surface area contributed by atoms with Gasteiger partial charge in [0, 0.05) is 23.2 Å². The van der Waals surface area contributed by atoms with E-state index in [9.17, 15) is 14.9 Å². The second-order valence-electron chi connectivity index (χ2n) is 5.90. The Morgan fingerprint density at radius 1 is 1.19 bits per heavy atom. The molecule has 0 atom stereocenters. The summed E-state index contributed by atoms with van der Waals surface area (Å²) in [7, 11) is 1.63. The summed E-state index contributed by atoms with van der Waals surface area (Å²) in [5, 5.41) is 11.1. The third-order valence-corrected chi connectivity index (χ3v) is 4.81. The van der Waals surface area contributed by atoms with Gasteiger partial charge in [-0.15, -0.1) is 0 Å². The number of fused-ring (bicyclic) bond motifs is 1. The maximum absolute atomic E-state index is 12.6. The Morgan fingerprint density at radius 2 is 1.85 bits per heavy atom. The Hall–Kier alpha value is -2.61. The quantitative estimate of drug-likeness (QED) is 0.547. The molecule has 1 heterocycles. The van der Waals surface area contributed by atoms with Crippen LogP contribution in [0.5, 0.6) is 11.5 Å². The van der Waals surface area contributed by atoms with Crippen LogP contribution in [-0.4, -0.2) is 36.0 Å². The molecule has 0 aromatic heterocycles. The van der Waals surface area contributed by atoms with Crippen LogP contribution in [0, 0.1) is 10.1 Å². The third-order valence-electron chi connectivity index (χ3n) is 4.07. The Bertz CT molecular complexity index is 855. The Balaban J connectivity index is 1.73. The van der Waals surface area contributed by atoms with E-state index in [2.05, 4.69) is 15.9 Å². The Kier molecular flexibility index (Phi) is 5.41. The molecule has 136 valence electrons. The predicted octanol–water partition coefficient (Wildman–Crippen LogP) is 3.33. The highest BCUT2D eigenvalue weighted by molar-refractivity contribution is 9.10. The molecule has 0 unspecified atom stereocenters. The molecule has 0 saturated carbocycles. The van der Waals surface area contributed by atoms with Crippen molar-refractivity contribution in [1.29, 1.82) is 0 Å². The largest absolute Gasteiger partial charge is 0.486 e. The van der Waals surface area contributed by atoms with Gasteiger partial charge in [0.05, 0.1) is 17.9 Å². The van der Waals surface area contributed by atoms with Gasteiger partial charge in [-0.05, 0) is 17.7 Å². The number of ether oxygens (including phenoxy) is 2. The van der Waals surface area contributed by atoms with Gasteiger partial charge in [-0.3, -0.25) is 14.9 Å². The van der Waals surface area contributed by atoms with Crippen LogP contribution in [0.15, 0.2) is 40.9 Å². The van der Waals surface area contributed by atoms with Crippen molar-refractivity contribution in [1.82, 2.24) is 4.90 Å². The summed E-state index contributed by atoms with van der Waals surface area (Å²) in [6.07, 6.45) is 0.147. The van der Waals surface area contributed by atoms with Gasteiger partial charge in [-0.2, -0.15) is 0 Å². The zero-order valence-electron chi connectivity index (χ0n) is 14.1. The van der Waals surface area contributed by atoms with Crippen LogP contribution >= 0.6 is 15.9 Å². The van der Waals surface area contributed by atoms with Gasteiger partial charge in [-0.25, -0.2) is 0 Å². The zero-order chi connectivity index (χ0) is 18.7. The number of amides is 1. The fraction of sp³-hybridized carbons (Fsp3) is 0.278. The topological polar surface area (TPSA) is 81.9 Å². The number of carbonyl (C=O) groups is 1. The first-order chi connectivity index (χ1) is 12.5. The normalized spacial score (nSPS) is 12.5. The van der Waals surface area contributed by atoms with E-state index in [4.69, 9.17) is 9.47 Å². The van der Waals surface area contributed by atoms with E-state index in [1.165, 1.54) is 11.0 Å². The SMILES string of the molecule is CN(Cc1ccccc1[N+](=O)[O-])C(=O)Cc1cc2c(cc1Br)OCCO2. The molecule has 0 radical (unpaired) electrons. The summed E-state index contributed by atoms with van der Waals surface area (Å²) in [4.78, 5) is 24.7. The van der Waals surface area contributed by atoms with E-state index in [0.29, 0.717) is 30.3 Å². The van der Waals surface area contributed by atoms with Crippen molar-refractivity contribution in [2.24, 2.45) is 0 Å². The molecular formula is C18H17BrN2O5. The average Bonchev–Trinajstić information content (AvgIpc) is 2.62. The van der Waals surface area contributed by atoms with Gasteiger partial charge in [0.1, 0.15) is 13.2 Å². The number of para-hydroxylation sites is 1. The maximum Gasteiger partial charge on any atom is 0.274 e. The lowest BCUT2D eigenvalue weighted by atomic mass is 10.1. The highest BCUT2D eigenvalue weighted by Crippen LogP contribution is 2.35. The van der Waals surface area contributed by atoms with E-state index in [1.54, 1.807) is 37.4 Å². The molecule has 1 aliphatic heterocycles. The summed E-state index contributed by atoms with van der Waals surface area (Å²) in [5.74, 6) is 1.11. The van der Waals surface area contributed by atoms with Gasteiger partial charge >= 0.3 is 0 Å². The zero-order valence-corrected chi connectivity index (χ0v) is 15.7. The van der Waals surface area contributed by atoms with Gasteiger partial charge in [0.2, 0.25) is 5.91 Å². The number of rotatable bonds is 5. The predicted molar refractivity (Wildman–Crippen MR) is 98.4 cm³/mol. The number of nitro groups is 1. The summed E-state index contributed by atoms with van der Waals surface area (Å²) in [6, 6.07) is 10.00. The van der Waals surface area contributed by atoms with Crippen molar-refractivity contribution in [2.45, 2.75) is 13.0 Å². The lowest BCUT2D eigenvalue weighted by Gasteiger charge is -2.21. The van der Waals surface area contributed by atoms with E-state index in [0.717, 1.165) is 10.0 Å². The second-order valence-corrected chi connectivity index (χ2v) is 6.75. The molecule has 3 rings (SSSR count). The summed E-state index contributed by atoms with van der Waals surface area (Å²) >= 11 is 3.45. The summed E-state index contributed by atoms with van der Waals surface area (Å²) in [6.45, 7) is 1.13. The molecule has 1 amide bonds. The number of hydrogen-bond donors (Lipinski definition) is 0. The molecule has 1 aliphatic rings. The third kappa shape index (κ3) is 3.96. The van der Waals surface area contributed by atoms with Crippen LogP contribution in [0.1, 0.15) is 11.1 Å². The van der Waals surface area contributed by atoms with Crippen molar-refractivity contribution >= 4 is 27.5 Å².